The minimum absolute atomic E-state index is 0.0136. The molecule has 0 bridgehead atoms. The van der Waals surface area contributed by atoms with E-state index in [1.807, 2.05) is 20.2 Å². The van der Waals surface area contributed by atoms with E-state index in [0.717, 1.165) is 46.4 Å². The van der Waals surface area contributed by atoms with Gasteiger partial charge in [0.25, 0.3) is 5.91 Å². The molecule has 0 atom stereocenters. The first-order valence-electron chi connectivity index (χ1n) is 17.0. The average Bonchev–Trinajstić information content (AvgIpc) is 3.60. The molecule has 5 heterocycles. The molecule has 2 N–H and O–H groups in total. The molecule has 13 nitrogen and oxygen atoms in total. The van der Waals surface area contributed by atoms with Crippen molar-refractivity contribution in [3.8, 4) is 0 Å². The fourth-order valence-corrected chi connectivity index (χ4v) is 9.83. The van der Waals surface area contributed by atoms with Crippen LogP contribution in [0.4, 0.5) is 0 Å². The number of fused-ring (bicyclic) bond motifs is 6. The van der Waals surface area contributed by atoms with Crippen LogP contribution in [-0.2, 0) is 46.0 Å². The van der Waals surface area contributed by atoms with Crippen LogP contribution in [0.1, 0.15) is 69.9 Å². The van der Waals surface area contributed by atoms with Gasteiger partial charge in [0.1, 0.15) is 0 Å². The lowest BCUT2D eigenvalue weighted by atomic mass is 10.0. The first kappa shape index (κ1) is 36.0. The van der Waals surface area contributed by atoms with E-state index < -0.39 is 26.0 Å². The largest absolute Gasteiger partial charge is 0.478 e. The Bertz CT molecular complexity index is 2200. The van der Waals surface area contributed by atoms with Crippen molar-refractivity contribution in [1.82, 2.24) is 22.6 Å². The summed E-state index contributed by atoms with van der Waals surface area (Å²) in [6.07, 6.45) is 2.18. The van der Waals surface area contributed by atoms with Crippen molar-refractivity contribution in [2.24, 2.45) is 0 Å². The third kappa shape index (κ3) is 6.57. The Morgan fingerprint density at radius 2 is 1.16 bits per heavy atom. The van der Waals surface area contributed by atoms with Gasteiger partial charge < -0.3 is 24.9 Å². The number of nitrogens with zero attached hydrogens (tertiary/aromatic N) is 5. The van der Waals surface area contributed by atoms with Crippen molar-refractivity contribution in [2.75, 3.05) is 51.8 Å². The van der Waals surface area contributed by atoms with E-state index in [1.165, 1.54) is 14.0 Å². The maximum Gasteiger partial charge on any atom is 0.335 e. The smallest absolute Gasteiger partial charge is 0.335 e. The second-order valence-corrected chi connectivity index (χ2v) is 17.7. The lowest BCUT2D eigenvalue weighted by Crippen LogP contribution is -2.40. The van der Waals surface area contributed by atoms with Crippen LogP contribution in [0.3, 0.4) is 0 Å². The fourth-order valence-electron chi connectivity index (χ4n) is 7.32. The summed E-state index contributed by atoms with van der Waals surface area (Å²) in [4.78, 5) is 30.2. The summed E-state index contributed by atoms with van der Waals surface area (Å²) in [5.41, 5.74) is 5.55. The summed E-state index contributed by atoms with van der Waals surface area (Å²) < 4.78 is 53.4. The monoisotopic (exact) mass is 727 g/mol. The number of likely N-dealkylation sites (tertiary alicyclic amines) is 1. The SMILES string of the molecule is CCS(=O)(=O)n1c2c(c3cc(C(=O)N4CCC(O)CC4)ccc31)CN(C)CC2.CCS(=O)(=O)n1c2c(c3cc(C(=O)O)ccc31)CN(C)CC2. The number of carbonyl (C=O) groups excluding carboxylic acids is 1. The molecule has 1 fully saturated rings. The number of rotatable bonds is 6. The van der Waals surface area contributed by atoms with Crippen LogP contribution in [0, 0.1) is 0 Å². The van der Waals surface area contributed by atoms with Gasteiger partial charge in [0.15, 0.2) is 0 Å². The number of aromatic nitrogens is 2. The summed E-state index contributed by atoms with van der Waals surface area (Å²) in [5, 5.41) is 20.4. The number of hydrogen-bond acceptors (Lipinski definition) is 9. The van der Waals surface area contributed by atoms with Crippen LogP contribution in [0.15, 0.2) is 36.4 Å². The molecule has 0 unspecified atom stereocenters. The number of amides is 1. The summed E-state index contributed by atoms with van der Waals surface area (Å²) in [6, 6.07) is 9.99. The molecule has 1 amide bonds. The highest BCUT2D eigenvalue weighted by atomic mass is 32.2. The van der Waals surface area contributed by atoms with E-state index >= 15 is 0 Å². The number of benzene rings is 2. The number of carboxylic acids is 1. The number of aliphatic hydroxyl groups excluding tert-OH is 1. The molecule has 3 aliphatic heterocycles. The van der Waals surface area contributed by atoms with E-state index in [0.29, 0.717) is 68.5 Å². The predicted molar refractivity (Wildman–Crippen MR) is 192 cm³/mol. The normalized spacial score (nSPS) is 17.7. The molecule has 50 heavy (non-hydrogen) atoms. The highest BCUT2D eigenvalue weighted by Crippen LogP contribution is 2.34. The van der Waals surface area contributed by atoms with Gasteiger partial charge in [-0.2, -0.15) is 0 Å². The van der Waals surface area contributed by atoms with Gasteiger partial charge in [0.05, 0.1) is 34.2 Å². The molecule has 0 radical (unpaired) electrons. The number of aliphatic hydroxyl groups is 1. The van der Waals surface area contributed by atoms with Crippen LogP contribution in [0.25, 0.3) is 21.8 Å². The molecule has 7 rings (SSSR count). The first-order chi connectivity index (χ1) is 23.7. The van der Waals surface area contributed by atoms with Gasteiger partial charge in [-0.25, -0.2) is 29.6 Å². The van der Waals surface area contributed by atoms with Crippen molar-refractivity contribution in [1.29, 1.82) is 0 Å². The molecule has 15 heteroatoms. The zero-order chi connectivity index (χ0) is 36.1. The van der Waals surface area contributed by atoms with Gasteiger partial charge in [0.2, 0.25) is 20.0 Å². The lowest BCUT2D eigenvalue weighted by Gasteiger charge is -2.29. The molecule has 0 spiro atoms. The Labute approximate surface area is 292 Å². The summed E-state index contributed by atoms with van der Waals surface area (Å²) in [7, 11) is -2.85. The Balaban J connectivity index is 0.000000178. The minimum atomic E-state index is -3.43. The Morgan fingerprint density at radius 1 is 0.720 bits per heavy atom. The Kier molecular flexibility index (Phi) is 9.91. The summed E-state index contributed by atoms with van der Waals surface area (Å²) in [6.45, 7) is 7.26. The third-order valence-electron chi connectivity index (χ3n) is 10.1. The first-order valence-corrected chi connectivity index (χ1v) is 20.2. The zero-order valence-electron chi connectivity index (χ0n) is 28.9. The van der Waals surface area contributed by atoms with Crippen molar-refractivity contribution < 1.29 is 36.6 Å². The van der Waals surface area contributed by atoms with Gasteiger partial charge in [0, 0.05) is 79.8 Å². The average molecular weight is 728 g/mol. The number of piperidine rings is 1. The van der Waals surface area contributed by atoms with Gasteiger partial charge in [-0.05, 0) is 88.3 Å². The standard InChI is InChI=1S/C20H27N3O4S.C15H18N2O4S/c1-3-28(26,27)23-18-5-4-14(20(25)22-10-6-15(24)7-11-22)12-16(18)17-13-21(2)9-8-19(17)23;1-3-22(20,21)17-13-5-4-10(15(18)19)8-11(13)12-9-16(2)7-6-14(12)17/h4-5,12,15,24H,3,6-11,13H2,1-2H3;4-5,8H,3,6-7,9H2,1-2H3,(H,18,19). The molecule has 1 saturated heterocycles. The van der Waals surface area contributed by atoms with Crippen molar-refractivity contribution in [3.05, 3.63) is 70.0 Å². The van der Waals surface area contributed by atoms with E-state index in [-0.39, 0.29) is 29.1 Å². The Hall–Kier alpha value is -3.76. The van der Waals surface area contributed by atoms with Crippen molar-refractivity contribution >= 4 is 53.7 Å². The second kappa shape index (κ2) is 13.8. The molecule has 3 aliphatic rings. The van der Waals surface area contributed by atoms with Crippen LogP contribution in [0.5, 0.6) is 0 Å². The number of aromatic carboxylic acids is 1. The van der Waals surface area contributed by atoms with Gasteiger partial charge >= 0.3 is 5.97 Å². The van der Waals surface area contributed by atoms with E-state index in [1.54, 1.807) is 43.0 Å². The van der Waals surface area contributed by atoms with Crippen LogP contribution >= 0.6 is 0 Å². The van der Waals surface area contributed by atoms with E-state index in [9.17, 15) is 36.6 Å². The van der Waals surface area contributed by atoms with Gasteiger partial charge in [-0.15, -0.1) is 0 Å². The molecule has 2 aromatic heterocycles. The van der Waals surface area contributed by atoms with Crippen molar-refractivity contribution in [2.45, 2.75) is 58.7 Å². The molecule has 0 aliphatic carbocycles. The number of carbonyl (C=O) groups is 2. The lowest BCUT2D eigenvalue weighted by molar-refractivity contribution is 0.0546. The summed E-state index contributed by atoms with van der Waals surface area (Å²) >= 11 is 0. The van der Waals surface area contributed by atoms with Crippen LogP contribution < -0.4 is 0 Å². The predicted octanol–water partition coefficient (Wildman–Crippen LogP) is 2.95. The highest BCUT2D eigenvalue weighted by Gasteiger charge is 2.30. The maximum absolute atomic E-state index is 13.0. The number of likely N-dealkylation sites (N-methyl/N-ethyl adjacent to an activating group) is 2. The molecule has 2 aromatic carbocycles. The number of hydrogen-bond donors (Lipinski definition) is 2. The molecule has 4 aromatic rings. The molecule has 270 valence electrons. The zero-order valence-corrected chi connectivity index (χ0v) is 30.6. The number of carboxylic acid groups (broad SMARTS) is 1. The molecule has 0 saturated carbocycles. The summed E-state index contributed by atoms with van der Waals surface area (Å²) in [5.74, 6) is -1.01. The van der Waals surface area contributed by atoms with E-state index in [2.05, 4.69) is 9.80 Å². The van der Waals surface area contributed by atoms with Gasteiger partial charge in [-0.1, -0.05) is 0 Å². The molecular formula is C35H45N5O8S2. The fraction of sp³-hybridized carbons (Fsp3) is 0.486. The maximum atomic E-state index is 13.0. The van der Waals surface area contributed by atoms with Crippen LogP contribution in [-0.4, -0.2) is 119 Å². The van der Waals surface area contributed by atoms with E-state index in [4.69, 9.17) is 0 Å². The van der Waals surface area contributed by atoms with Crippen molar-refractivity contribution in [3.63, 3.8) is 0 Å². The highest BCUT2D eigenvalue weighted by molar-refractivity contribution is 7.90. The minimum Gasteiger partial charge on any atom is -0.478 e. The Morgan fingerprint density at radius 3 is 1.60 bits per heavy atom. The molecular weight excluding hydrogens is 683 g/mol. The quantitative estimate of drug-likeness (QED) is 0.302. The van der Waals surface area contributed by atoms with Crippen LogP contribution in [0.2, 0.25) is 0 Å². The third-order valence-corrected chi connectivity index (χ3v) is 13.5. The van der Waals surface area contributed by atoms with Gasteiger partial charge in [-0.3, -0.25) is 4.79 Å². The topological polar surface area (TPSA) is 162 Å². The second-order valence-electron chi connectivity index (χ2n) is 13.4.